The first kappa shape index (κ1) is 15.8. The van der Waals surface area contributed by atoms with Crippen LogP contribution in [0.4, 0.5) is 4.39 Å². The van der Waals surface area contributed by atoms with E-state index in [2.05, 4.69) is 0 Å². The first-order chi connectivity index (χ1) is 10.0. The van der Waals surface area contributed by atoms with E-state index in [1.807, 2.05) is 13.8 Å². The van der Waals surface area contributed by atoms with Crippen molar-refractivity contribution in [3.63, 3.8) is 0 Å². The number of hydrogen-bond donors (Lipinski definition) is 0. The van der Waals surface area contributed by atoms with Gasteiger partial charge in [-0.25, -0.2) is 4.39 Å². The van der Waals surface area contributed by atoms with Crippen LogP contribution < -0.4 is 9.47 Å². The predicted molar refractivity (Wildman–Crippen MR) is 76.6 cm³/mol. The third kappa shape index (κ3) is 3.73. The summed E-state index contributed by atoms with van der Waals surface area (Å²) in [5, 5.41) is 0. The molecule has 1 heterocycles. The Morgan fingerprint density at radius 3 is 2.81 bits per heavy atom. The van der Waals surface area contributed by atoms with E-state index in [0.29, 0.717) is 30.9 Å². The Kier molecular flexibility index (Phi) is 5.17. The van der Waals surface area contributed by atoms with Crippen LogP contribution in [0.1, 0.15) is 37.0 Å². The molecule has 1 aliphatic rings. The van der Waals surface area contributed by atoms with Crippen molar-refractivity contribution in [2.24, 2.45) is 5.92 Å². The fraction of sp³-hybridized carbons (Fsp3) is 0.562. The third-order valence-electron chi connectivity index (χ3n) is 3.49. The molecule has 1 aliphatic heterocycles. The molecule has 0 N–H and O–H groups in total. The van der Waals surface area contributed by atoms with Gasteiger partial charge < -0.3 is 14.2 Å². The number of rotatable bonds is 6. The van der Waals surface area contributed by atoms with Crippen LogP contribution >= 0.6 is 0 Å². The van der Waals surface area contributed by atoms with Crippen LogP contribution in [0.3, 0.4) is 0 Å². The molecule has 0 saturated heterocycles. The highest BCUT2D eigenvalue weighted by atomic mass is 19.1. The second-order valence-electron chi connectivity index (χ2n) is 5.50. The van der Waals surface area contributed by atoms with Crippen LogP contribution in [0.5, 0.6) is 11.5 Å². The lowest BCUT2D eigenvalue weighted by atomic mass is 9.94. The fourth-order valence-corrected chi connectivity index (χ4v) is 2.22. The Labute approximate surface area is 124 Å². The van der Waals surface area contributed by atoms with Gasteiger partial charge in [0.15, 0.2) is 17.3 Å². The first-order valence-electron chi connectivity index (χ1n) is 7.18. The largest absolute Gasteiger partial charge is 0.490 e. The van der Waals surface area contributed by atoms with Crippen LogP contribution in [-0.2, 0) is 4.74 Å². The monoisotopic (exact) mass is 296 g/mol. The van der Waals surface area contributed by atoms with Gasteiger partial charge in [-0.15, -0.1) is 0 Å². The van der Waals surface area contributed by atoms with Crippen LogP contribution in [0.25, 0.3) is 0 Å². The Morgan fingerprint density at radius 1 is 1.38 bits per heavy atom. The summed E-state index contributed by atoms with van der Waals surface area (Å²) in [6.07, 6.45) is 0.788. The van der Waals surface area contributed by atoms with Crippen molar-refractivity contribution >= 4 is 5.78 Å². The quantitative estimate of drug-likeness (QED) is 0.756. The lowest BCUT2D eigenvalue weighted by Crippen LogP contribution is -2.31. The predicted octanol–water partition coefficient (Wildman–Crippen LogP) is 3.23. The van der Waals surface area contributed by atoms with E-state index < -0.39 is 5.82 Å². The van der Waals surface area contributed by atoms with Crippen LogP contribution in [0.15, 0.2) is 12.1 Å². The number of Topliss-reactive ketones (excluding diaryl/α,β-unsaturated/α-hetero) is 1. The van der Waals surface area contributed by atoms with E-state index in [1.165, 1.54) is 12.1 Å². The maximum atomic E-state index is 14.0. The van der Waals surface area contributed by atoms with Gasteiger partial charge in [0.25, 0.3) is 0 Å². The summed E-state index contributed by atoms with van der Waals surface area (Å²) in [5.74, 6) is 0.124. The molecule has 21 heavy (non-hydrogen) atoms. The van der Waals surface area contributed by atoms with Crippen molar-refractivity contribution in [1.82, 2.24) is 0 Å². The minimum Gasteiger partial charge on any atom is -0.490 e. The van der Waals surface area contributed by atoms with E-state index in [4.69, 9.17) is 14.2 Å². The van der Waals surface area contributed by atoms with Crippen molar-refractivity contribution in [3.8, 4) is 11.5 Å². The number of ketones is 1. The molecule has 4 nitrogen and oxygen atoms in total. The van der Waals surface area contributed by atoms with Crippen molar-refractivity contribution in [2.75, 3.05) is 20.3 Å². The molecule has 0 radical (unpaired) electrons. The zero-order valence-electron chi connectivity index (χ0n) is 12.6. The molecule has 0 bridgehead atoms. The molecule has 1 aromatic rings. The summed E-state index contributed by atoms with van der Waals surface area (Å²) in [5.41, 5.74) is 0.300. The van der Waals surface area contributed by atoms with Gasteiger partial charge in [-0.3, -0.25) is 4.79 Å². The molecule has 0 aliphatic carbocycles. The average molecular weight is 296 g/mol. The number of carbonyl (C=O) groups excluding carboxylic acids is 1. The number of methoxy groups -OCH3 is 1. The molecular formula is C16H21FO4. The maximum absolute atomic E-state index is 14.0. The summed E-state index contributed by atoms with van der Waals surface area (Å²) in [7, 11) is 1.60. The normalized spacial score (nSPS) is 17.6. The van der Waals surface area contributed by atoms with Crippen LogP contribution in [0, 0.1) is 11.7 Å². The standard InChI is InChI=1S/C16H21FO4/c1-10(2)14-8-13(18)11-7-12(17)16(9-15(11)21-14)20-6-4-5-19-3/h7,9-10,14H,4-6,8H2,1-3H3. The zero-order valence-corrected chi connectivity index (χ0v) is 12.6. The van der Waals surface area contributed by atoms with Gasteiger partial charge in [-0.1, -0.05) is 13.8 Å². The molecule has 1 atom stereocenters. The van der Waals surface area contributed by atoms with Gasteiger partial charge in [0.1, 0.15) is 11.9 Å². The topological polar surface area (TPSA) is 44.8 Å². The van der Waals surface area contributed by atoms with E-state index in [0.717, 1.165) is 0 Å². The molecule has 1 aromatic carbocycles. The number of hydrogen-bond acceptors (Lipinski definition) is 4. The molecule has 0 amide bonds. The lowest BCUT2D eigenvalue weighted by Gasteiger charge is -2.28. The highest BCUT2D eigenvalue weighted by Crippen LogP contribution is 2.35. The second-order valence-corrected chi connectivity index (χ2v) is 5.50. The number of carbonyl (C=O) groups is 1. The van der Waals surface area contributed by atoms with Gasteiger partial charge in [0.05, 0.1) is 12.2 Å². The second kappa shape index (κ2) is 6.89. The summed E-state index contributed by atoms with van der Waals surface area (Å²) in [6.45, 7) is 4.89. The van der Waals surface area contributed by atoms with E-state index in [-0.39, 0.29) is 30.0 Å². The zero-order chi connectivity index (χ0) is 15.4. The minimum atomic E-state index is -0.536. The smallest absolute Gasteiger partial charge is 0.170 e. The van der Waals surface area contributed by atoms with Gasteiger partial charge in [0.2, 0.25) is 0 Å². The summed E-state index contributed by atoms with van der Waals surface area (Å²) >= 11 is 0. The van der Waals surface area contributed by atoms with Gasteiger partial charge in [-0.2, -0.15) is 0 Å². The van der Waals surface area contributed by atoms with E-state index >= 15 is 0 Å². The number of fused-ring (bicyclic) bond motifs is 1. The number of halogens is 1. The molecule has 5 heteroatoms. The summed E-state index contributed by atoms with van der Waals surface area (Å²) in [6, 6.07) is 2.68. The van der Waals surface area contributed by atoms with E-state index in [1.54, 1.807) is 7.11 Å². The van der Waals surface area contributed by atoms with Crippen molar-refractivity contribution in [1.29, 1.82) is 0 Å². The lowest BCUT2D eigenvalue weighted by molar-refractivity contribution is 0.0769. The Bertz CT molecular complexity index is 513. The van der Waals surface area contributed by atoms with Crippen molar-refractivity contribution < 1.29 is 23.4 Å². The fourth-order valence-electron chi connectivity index (χ4n) is 2.22. The maximum Gasteiger partial charge on any atom is 0.170 e. The van der Waals surface area contributed by atoms with Crippen molar-refractivity contribution in [3.05, 3.63) is 23.5 Å². The average Bonchev–Trinajstić information content (AvgIpc) is 2.44. The number of benzene rings is 1. The molecule has 0 fully saturated rings. The van der Waals surface area contributed by atoms with E-state index in [9.17, 15) is 9.18 Å². The Balaban J connectivity index is 2.16. The Morgan fingerprint density at radius 2 is 2.14 bits per heavy atom. The highest BCUT2D eigenvalue weighted by molar-refractivity contribution is 6.00. The third-order valence-corrected chi connectivity index (χ3v) is 3.49. The van der Waals surface area contributed by atoms with Crippen LogP contribution in [-0.4, -0.2) is 32.2 Å². The summed E-state index contributed by atoms with van der Waals surface area (Å²) in [4.78, 5) is 12.1. The SMILES string of the molecule is COCCCOc1cc2c(cc1F)C(=O)CC(C(C)C)O2. The molecule has 1 unspecified atom stereocenters. The minimum absolute atomic E-state index is 0.0835. The highest BCUT2D eigenvalue weighted by Gasteiger charge is 2.30. The molecule has 0 aromatic heterocycles. The van der Waals surface area contributed by atoms with Gasteiger partial charge in [-0.05, 0) is 12.0 Å². The molecule has 2 rings (SSSR count). The molecular weight excluding hydrogens is 275 g/mol. The Hall–Kier alpha value is -1.62. The van der Waals surface area contributed by atoms with Gasteiger partial charge >= 0.3 is 0 Å². The summed E-state index contributed by atoms with van der Waals surface area (Å²) < 4.78 is 30.0. The van der Waals surface area contributed by atoms with Crippen LogP contribution in [0.2, 0.25) is 0 Å². The number of ether oxygens (including phenoxy) is 3. The van der Waals surface area contributed by atoms with Gasteiger partial charge in [0, 0.05) is 32.6 Å². The molecule has 0 saturated carbocycles. The first-order valence-corrected chi connectivity index (χ1v) is 7.18. The molecule has 0 spiro atoms. The van der Waals surface area contributed by atoms with Crippen molar-refractivity contribution in [2.45, 2.75) is 32.8 Å². The molecule has 116 valence electrons.